The molecule has 2 heteroatoms. The van der Waals surface area contributed by atoms with E-state index in [0.29, 0.717) is 6.04 Å². The predicted molar refractivity (Wildman–Crippen MR) is 71.6 cm³/mol. The Morgan fingerprint density at radius 1 is 1.29 bits per heavy atom. The molecule has 17 heavy (non-hydrogen) atoms. The van der Waals surface area contributed by atoms with Gasteiger partial charge in [-0.05, 0) is 42.5 Å². The van der Waals surface area contributed by atoms with Crippen LogP contribution in [0.25, 0.3) is 0 Å². The van der Waals surface area contributed by atoms with Crippen LogP contribution in [-0.2, 0) is 0 Å². The standard InChI is InChI=1S/C15H24FN/c1-6-17-14(10-15(3,4)5)12-7-8-13(16)11(2)9-12/h7-9,14,17H,6,10H2,1-5H3. The molecule has 0 aliphatic rings. The fourth-order valence-electron chi connectivity index (χ4n) is 2.05. The van der Waals surface area contributed by atoms with Crippen molar-refractivity contribution in [3.05, 3.63) is 35.1 Å². The van der Waals surface area contributed by atoms with E-state index < -0.39 is 0 Å². The lowest BCUT2D eigenvalue weighted by molar-refractivity contribution is 0.314. The molecule has 0 heterocycles. The van der Waals surface area contributed by atoms with E-state index in [4.69, 9.17) is 0 Å². The molecule has 0 aromatic heterocycles. The number of hydrogen-bond donors (Lipinski definition) is 1. The number of hydrogen-bond acceptors (Lipinski definition) is 1. The average Bonchev–Trinajstić information content (AvgIpc) is 2.19. The van der Waals surface area contributed by atoms with E-state index >= 15 is 0 Å². The molecule has 1 aromatic rings. The normalized spacial score (nSPS) is 13.8. The van der Waals surface area contributed by atoms with Gasteiger partial charge in [-0.25, -0.2) is 4.39 Å². The zero-order valence-corrected chi connectivity index (χ0v) is 11.6. The molecule has 1 rings (SSSR count). The molecule has 0 fully saturated rings. The molecule has 96 valence electrons. The minimum absolute atomic E-state index is 0.125. The Labute approximate surface area is 104 Å². The zero-order valence-electron chi connectivity index (χ0n) is 11.6. The molecule has 1 atom stereocenters. The lowest BCUT2D eigenvalue weighted by Gasteiger charge is -2.27. The molecule has 1 N–H and O–H groups in total. The summed E-state index contributed by atoms with van der Waals surface area (Å²) < 4.78 is 13.3. The van der Waals surface area contributed by atoms with Crippen LogP contribution >= 0.6 is 0 Å². The molecule has 0 saturated carbocycles. The van der Waals surface area contributed by atoms with E-state index in [9.17, 15) is 4.39 Å². The highest BCUT2D eigenvalue weighted by atomic mass is 19.1. The summed E-state index contributed by atoms with van der Waals surface area (Å²) in [5, 5.41) is 3.48. The first-order valence-corrected chi connectivity index (χ1v) is 6.33. The third-order valence-electron chi connectivity index (χ3n) is 2.85. The van der Waals surface area contributed by atoms with Crippen molar-refractivity contribution in [1.82, 2.24) is 5.32 Å². The van der Waals surface area contributed by atoms with E-state index in [1.165, 1.54) is 5.56 Å². The van der Waals surface area contributed by atoms with Crippen LogP contribution in [0.4, 0.5) is 4.39 Å². The lowest BCUT2D eigenvalue weighted by Crippen LogP contribution is -2.25. The second-order valence-corrected chi connectivity index (χ2v) is 5.88. The Bertz CT molecular complexity index is 366. The first kappa shape index (κ1) is 14.2. The fraction of sp³-hybridized carbons (Fsp3) is 0.600. The van der Waals surface area contributed by atoms with Gasteiger partial charge in [0, 0.05) is 6.04 Å². The molecular weight excluding hydrogens is 213 g/mol. The van der Waals surface area contributed by atoms with Crippen molar-refractivity contribution in [2.75, 3.05) is 6.54 Å². The maximum atomic E-state index is 13.3. The molecule has 0 saturated heterocycles. The summed E-state index contributed by atoms with van der Waals surface area (Å²) in [6.45, 7) is 11.5. The Kier molecular flexibility index (Phi) is 4.70. The van der Waals surface area contributed by atoms with E-state index in [-0.39, 0.29) is 11.2 Å². The van der Waals surface area contributed by atoms with Crippen LogP contribution in [0.5, 0.6) is 0 Å². The molecule has 1 unspecified atom stereocenters. The van der Waals surface area contributed by atoms with Crippen LogP contribution in [0.3, 0.4) is 0 Å². The van der Waals surface area contributed by atoms with Gasteiger partial charge in [0.15, 0.2) is 0 Å². The van der Waals surface area contributed by atoms with Crippen molar-refractivity contribution in [2.24, 2.45) is 5.41 Å². The summed E-state index contributed by atoms with van der Waals surface area (Å²) in [7, 11) is 0. The SMILES string of the molecule is CCNC(CC(C)(C)C)c1ccc(F)c(C)c1. The minimum Gasteiger partial charge on any atom is -0.310 e. The van der Waals surface area contributed by atoms with E-state index in [1.54, 1.807) is 6.07 Å². The lowest BCUT2D eigenvalue weighted by atomic mass is 9.85. The first-order chi connectivity index (χ1) is 7.83. The number of benzene rings is 1. The van der Waals surface area contributed by atoms with Crippen LogP contribution in [0, 0.1) is 18.2 Å². The molecular formula is C15H24FN. The van der Waals surface area contributed by atoms with Gasteiger partial charge < -0.3 is 5.32 Å². The summed E-state index contributed by atoms with van der Waals surface area (Å²) in [6.07, 6.45) is 1.05. The second kappa shape index (κ2) is 5.63. The molecule has 0 amide bonds. The van der Waals surface area contributed by atoms with Gasteiger partial charge in [-0.1, -0.05) is 39.8 Å². The summed E-state index contributed by atoms with van der Waals surface area (Å²) in [6, 6.07) is 5.72. The van der Waals surface area contributed by atoms with E-state index in [0.717, 1.165) is 18.5 Å². The molecule has 0 radical (unpaired) electrons. The van der Waals surface area contributed by atoms with Crippen LogP contribution in [0.15, 0.2) is 18.2 Å². The van der Waals surface area contributed by atoms with Crippen LogP contribution in [0.2, 0.25) is 0 Å². The monoisotopic (exact) mass is 237 g/mol. The number of nitrogens with one attached hydrogen (secondary N) is 1. The van der Waals surface area contributed by atoms with Gasteiger partial charge in [0.25, 0.3) is 0 Å². The summed E-state index contributed by atoms with van der Waals surface area (Å²) in [4.78, 5) is 0. The number of halogens is 1. The van der Waals surface area contributed by atoms with Crippen LogP contribution in [-0.4, -0.2) is 6.54 Å². The van der Waals surface area contributed by atoms with Crippen molar-refractivity contribution < 1.29 is 4.39 Å². The van der Waals surface area contributed by atoms with Crippen molar-refractivity contribution in [2.45, 2.75) is 47.1 Å². The summed E-state index contributed by atoms with van der Waals surface area (Å²) in [5.41, 5.74) is 2.16. The number of aryl methyl sites for hydroxylation is 1. The quantitative estimate of drug-likeness (QED) is 0.826. The van der Waals surface area contributed by atoms with E-state index in [1.807, 2.05) is 19.1 Å². The average molecular weight is 237 g/mol. The van der Waals surface area contributed by atoms with Gasteiger partial charge in [0.2, 0.25) is 0 Å². The van der Waals surface area contributed by atoms with Gasteiger partial charge in [-0.2, -0.15) is 0 Å². The first-order valence-electron chi connectivity index (χ1n) is 6.33. The zero-order chi connectivity index (χ0) is 13.1. The predicted octanol–water partition coefficient (Wildman–Crippen LogP) is 4.22. The summed E-state index contributed by atoms with van der Waals surface area (Å²) in [5.74, 6) is -0.125. The van der Waals surface area contributed by atoms with Crippen molar-refractivity contribution in [1.29, 1.82) is 0 Å². The highest BCUT2D eigenvalue weighted by molar-refractivity contribution is 5.26. The Morgan fingerprint density at radius 3 is 2.41 bits per heavy atom. The highest BCUT2D eigenvalue weighted by Crippen LogP contribution is 2.30. The molecule has 0 aliphatic heterocycles. The van der Waals surface area contributed by atoms with Gasteiger partial charge in [-0.3, -0.25) is 0 Å². The van der Waals surface area contributed by atoms with Gasteiger partial charge in [0.1, 0.15) is 5.82 Å². The minimum atomic E-state index is -0.125. The Hall–Kier alpha value is -0.890. The highest BCUT2D eigenvalue weighted by Gasteiger charge is 2.19. The fourth-order valence-corrected chi connectivity index (χ4v) is 2.05. The topological polar surface area (TPSA) is 12.0 Å². The molecule has 0 bridgehead atoms. The maximum Gasteiger partial charge on any atom is 0.126 e. The van der Waals surface area contributed by atoms with Crippen LogP contribution < -0.4 is 5.32 Å². The summed E-state index contributed by atoms with van der Waals surface area (Å²) >= 11 is 0. The van der Waals surface area contributed by atoms with Gasteiger partial charge >= 0.3 is 0 Å². The van der Waals surface area contributed by atoms with Gasteiger partial charge in [-0.15, -0.1) is 0 Å². The Balaban J connectivity index is 2.93. The molecule has 1 nitrogen and oxygen atoms in total. The van der Waals surface area contributed by atoms with Crippen molar-refractivity contribution in [3.63, 3.8) is 0 Å². The molecule has 0 spiro atoms. The Morgan fingerprint density at radius 2 is 1.94 bits per heavy atom. The number of rotatable bonds is 4. The molecule has 1 aromatic carbocycles. The third kappa shape index (κ3) is 4.47. The third-order valence-corrected chi connectivity index (χ3v) is 2.85. The van der Waals surface area contributed by atoms with Crippen LogP contribution in [0.1, 0.15) is 51.3 Å². The van der Waals surface area contributed by atoms with Crippen molar-refractivity contribution in [3.8, 4) is 0 Å². The maximum absolute atomic E-state index is 13.3. The van der Waals surface area contributed by atoms with Crippen molar-refractivity contribution >= 4 is 0 Å². The smallest absolute Gasteiger partial charge is 0.126 e. The van der Waals surface area contributed by atoms with E-state index in [2.05, 4.69) is 33.0 Å². The second-order valence-electron chi connectivity index (χ2n) is 5.88. The van der Waals surface area contributed by atoms with Gasteiger partial charge in [0.05, 0.1) is 0 Å². The molecule has 0 aliphatic carbocycles. The largest absolute Gasteiger partial charge is 0.310 e.